The molecule has 1 aromatic rings. The molecule has 1 aliphatic carbocycles. The van der Waals surface area contributed by atoms with Crippen LogP contribution in [0.2, 0.25) is 0 Å². The van der Waals surface area contributed by atoms with Crippen LogP contribution in [0.25, 0.3) is 0 Å². The molecular weight excluding hydrogens is 260 g/mol. The summed E-state index contributed by atoms with van der Waals surface area (Å²) < 4.78 is 0. The van der Waals surface area contributed by atoms with Gasteiger partial charge in [0, 0.05) is 6.04 Å². The number of hydrazine groups is 1. The van der Waals surface area contributed by atoms with E-state index >= 15 is 0 Å². The van der Waals surface area contributed by atoms with Gasteiger partial charge in [0.2, 0.25) is 11.6 Å². The molecule has 0 aliphatic heterocycles. The Balaban J connectivity index is 2.16. The summed E-state index contributed by atoms with van der Waals surface area (Å²) in [6.45, 7) is 0. The van der Waals surface area contributed by atoms with Crippen molar-refractivity contribution in [2.24, 2.45) is 5.84 Å². The Morgan fingerprint density at radius 2 is 1.75 bits per heavy atom. The summed E-state index contributed by atoms with van der Waals surface area (Å²) in [5, 5.41) is 14.3. The van der Waals surface area contributed by atoms with E-state index in [1.165, 1.54) is 25.6 Å². The van der Waals surface area contributed by atoms with Crippen LogP contribution >= 0.6 is 0 Å². The maximum Gasteiger partial charge on any atom is 0.354 e. The molecule has 8 heteroatoms. The monoisotopic (exact) mass is 280 g/mol. The number of nitro groups is 1. The molecule has 0 spiro atoms. The Hall–Kier alpha value is -1.96. The second kappa shape index (κ2) is 6.99. The van der Waals surface area contributed by atoms with Crippen molar-refractivity contribution in [3.63, 3.8) is 0 Å². The minimum Gasteiger partial charge on any atom is -0.361 e. The van der Waals surface area contributed by atoms with Crippen molar-refractivity contribution in [2.75, 3.05) is 10.7 Å². The maximum absolute atomic E-state index is 11.2. The lowest BCUT2D eigenvalue weighted by Gasteiger charge is -2.21. The van der Waals surface area contributed by atoms with Gasteiger partial charge in [0.25, 0.3) is 0 Å². The van der Waals surface area contributed by atoms with Gasteiger partial charge in [-0.1, -0.05) is 32.1 Å². The number of hydrogen-bond acceptors (Lipinski definition) is 7. The van der Waals surface area contributed by atoms with E-state index in [0.717, 1.165) is 25.7 Å². The molecule has 0 amide bonds. The van der Waals surface area contributed by atoms with Crippen LogP contribution < -0.4 is 16.6 Å². The van der Waals surface area contributed by atoms with Gasteiger partial charge < -0.3 is 10.7 Å². The van der Waals surface area contributed by atoms with E-state index in [4.69, 9.17) is 5.84 Å². The quantitative estimate of drug-likeness (QED) is 0.439. The summed E-state index contributed by atoms with van der Waals surface area (Å²) in [6, 6.07) is 0.217. The predicted octanol–water partition coefficient (Wildman–Crippen LogP) is 2.20. The fraction of sp³-hybridized carbons (Fsp3) is 0.667. The lowest BCUT2D eigenvalue weighted by Crippen LogP contribution is -2.23. The van der Waals surface area contributed by atoms with Crippen molar-refractivity contribution in [3.8, 4) is 0 Å². The van der Waals surface area contributed by atoms with Crippen LogP contribution in [0.3, 0.4) is 0 Å². The summed E-state index contributed by atoms with van der Waals surface area (Å²) in [7, 11) is 0. The molecule has 0 atom stereocenters. The van der Waals surface area contributed by atoms with Gasteiger partial charge >= 0.3 is 5.69 Å². The third-order valence-electron chi connectivity index (χ3n) is 3.59. The molecule has 1 aliphatic rings. The second-order valence-corrected chi connectivity index (χ2v) is 5.01. The lowest BCUT2D eigenvalue weighted by molar-refractivity contribution is -0.383. The van der Waals surface area contributed by atoms with Crippen molar-refractivity contribution in [3.05, 3.63) is 16.4 Å². The van der Waals surface area contributed by atoms with E-state index in [0.29, 0.717) is 0 Å². The average Bonchev–Trinajstić information content (AvgIpc) is 2.41. The second-order valence-electron chi connectivity index (χ2n) is 5.01. The summed E-state index contributed by atoms with van der Waals surface area (Å²) in [4.78, 5) is 18.4. The van der Waals surface area contributed by atoms with Crippen molar-refractivity contribution >= 4 is 17.3 Å². The third-order valence-corrected chi connectivity index (χ3v) is 3.59. The van der Waals surface area contributed by atoms with Crippen LogP contribution in [-0.2, 0) is 0 Å². The Kier molecular flexibility index (Phi) is 5.05. The molecule has 0 unspecified atom stereocenters. The predicted molar refractivity (Wildman–Crippen MR) is 76.2 cm³/mol. The highest BCUT2D eigenvalue weighted by molar-refractivity contribution is 5.69. The lowest BCUT2D eigenvalue weighted by atomic mass is 9.97. The van der Waals surface area contributed by atoms with Gasteiger partial charge in [0.15, 0.2) is 0 Å². The summed E-state index contributed by atoms with van der Waals surface area (Å²) in [6.07, 6.45) is 9.28. The molecule has 4 N–H and O–H groups in total. The van der Waals surface area contributed by atoms with Gasteiger partial charge in [-0.05, 0) is 12.8 Å². The molecule has 0 aromatic carbocycles. The van der Waals surface area contributed by atoms with E-state index in [9.17, 15) is 10.1 Å². The van der Waals surface area contributed by atoms with Crippen LogP contribution in [0.4, 0.5) is 17.3 Å². The smallest absolute Gasteiger partial charge is 0.354 e. The first-order valence-electron chi connectivity index (χ1n) is 6.95. The average molecular weight is 280 g/mol. The number of anilines is 2. The summed E-state index contributed by atoms with van der Waals surface area (Å²) >= 11 is 0. The highest BCUT2D eigenvalue weighted by atomic mass is 16.6. The maximum atomic E-state index is 11.2. The van der Waals surface area contributed by atoms with E-state index < -0.39 is 4.92 Å². The molecule has 1 saturated carbocycles. The normalized spacial score (nSPS) is 17.1. The largest absolute Gasteiger partial charge is 0.361 e. The van der Waals surface area contributed by atoms with Gasteiger partial charge in [-0.15, -0.1) is 0 Å². The standard InChI is InChI=1S/C12H20N6O2/c13-17-12-10(18(19)20)11(14-8-15-12)16-9-6-4-2-1-3-5-7-9/h8-9H,1-7,13H2,(H2,14,15,16,17). The van der Waals surface area contributed by atoms with Crippen molar-refractivity contribution < 1.29 is 4.92 Å². The number of nitrogen functional groups attached to an aromatic ring is 1. The Labute approximate surface area is 117 Å². The van der Waals surface area contributed by atoms with Crippen molar-refractivity contribution in [1.29, 1.82) is 0 Å². The highest BCUT2D eigenvalue weighted by Gasteiger charge is 2.24. The van der Waals surface area contributed by atoms with E-state index in [1.807, 2.05) is 0 Å². The molecule has 110 valence electrons. The Bertz CT molecular complexity index is 459. The number of nitrogens with one attached hydrogen (secondary N) is 2. The molecule has 1 heterocycles. The fourth-order valence-electron chi connectivity index (χ4n) is 2.56. The number of rotatable bonds is 4. The first-order chi connectivity index (χ1) is 9.72. The number of nitrogens with zero attached hydrogens (tertiary/aromatic N) is 3. The van der Waals surface area contributed by atoms with Gasteiger partial charge in [0.05, 0.1) is 4.92 Å². The van der Waals surface area contributed by atoms with Crippen molar-refractivity contribution in [2.45, 2.75) is 51.0 Å². The topological polar surface area (TPSA) is 119 Å². The first kappa shape index (κ1) is 14.4. The zero-order chi connectivity index (χ0) is 14.4. The van der Waals surface area contributed by atoms with Crippen molar-refractivity contribution in [1.82, 2.24) is 9.97 Å². The van der Waals surface area contributed by atoms with Crippen LogP contribution in [0, 0.1) is 10.1 Å². The summed E-state index contributed by atoms with van der Waals surface area (Å²) in [5.74, 6) is 5.53. The highest BCUT2D eigenvalue weighted by Crippen LogP contribution is 2.30. The molecule has 20 heavy (non-hydrogen) atoms. The van der Waals surface area contributed by atoms with Gasteiger partial charge in [-0.25, -0.2) is 15.8 Å². The van der Waals surface area contributed by atoms with Gasteiger partial charge in [-0.3, -0.25) is 10.1 Å². The zero-order valence-electron chi connectivity index (χ0n) is 11.3. The fourth-order valence-corrected chi connectivity index (χ4v) is 2.56. The molecule has 2 rings (SSSR count). The summed E-state index contributed by atoms with van der Waals surface area (Å²) in [5.41, 5.74) is 2.05. The number of nitrogens with two attached hydrogens (primary N) is 1. The zero-order valence-corrected chi connectivity index (χ0v) is 11.3. The molecule has 8 nitrogen and oxygen atoms in total. The van der Waals surface area contributed by atoms with Crippen LogP contribution in [0.5, 0.6) is 0 Å². The third kappa shape index (κ3) is 3.53. The van der Waals surface area contributed by atoms with Gasteiger partial charge in [-0.2, -0.15) is 0 Å². The Morgan fingerprint density at radius 1 is 1.15 bits per heavy atom. The van der Waals surface area contributed by atoms with Gasteiger partial charge in [0.1, 0.15) is 6.33 Å². The van der Waals surface area contributed by atoms with Crippen LogP contribution in [0.1, 0.15) is 44.9 Å². The van der Waals surface area contributed by atoms with Crippen LogP contribution in [0.15, 0.2) is 6.33 Å². The molecular formula is C12H20N6O2. The van der Waals surface area contributed by atoms with E-state index in [-0.39, 0.29) is 23.4 Å². The van der Waals surface area contributed by atoms with E-state index in [1.54, 1.807) is 0 Å². The minimum absolute atomic E-state index is 0.0262. The number of aromatic nitrogens is 2. The molecule has 0 radical (unpaired) electrons. The van der Waals surface area contributed by atoms with E-state index in [2.05, 4.69) is 20.7 Å². The van der Waals surface area contributed by atoms with Crippen LogP contribution in [-0.4, -0.2) is 20.9 Å². The molecule has 0 bridgehead atoms. The SMILES string of the molecule is NNc1ncnc(NC2CCCCCCC2)c1[N+](=O)[O-]. The Morgan fingerprint density at radius 3 is 2.35 bits per heavy atom. The first-order valence-corrected chi connectivity index (χ1v) is 6.95. The minimum atomic E-state index is -0.513. The molecule has 1 aromatic heterocycles. The number of hydrogen-bond donors (Lipinski definition) is 3. The molecule has 1 fully saturated rings. The molecule has 0 saturated heterocycles.